The average Bonchev–Trinajstić information content (AvgIpc) is 2.88. The zero-order valence-electron chi connectivity index (χ0n) is 20.8. The number of carbonyl (C=O) groups excluding carboxylic acids is 2. The van der Waals surface area contributed by atoms with Crippen LogP contribution in [0.25, 0.3) is 11.1 Å². The van der Waals surface area contributed by atoms with Gasteiger partial charge in [-0.1, -0.05) is 12.6 Å². The third-order valence-electron chi connectivity index (χ3n) is 6.35. The van der Waals surface area contributed by atoms with Gasteiger partial charge in [0.05, 0.1) is 35.2 Å². The molecule has 1 fully saturated rings. The van der Waals surface area contributed by atoms with E-state index in [0.29, 0.717) is 24.3 Å². The zero-order chi connectivity index (χ0) is 27.6. The second-order valence-electron chi connectivity index (χ2n) is 8.95. The minimum atomic E-state index is -4.78. The molecule has 0 spiro atoms. The number of hydrogen-bond acceptors (Lipinski definition) is 6. The summed E-state index contributed by atoms with van der Waals surface area (Å²) >= 11 is 0. The van der Waals surface area contributed by atoms with Gasteiger partial charge in [-0.05, 0) is 49.0 Å². The monoisotopic (exact) mass is 530 g/mol. The lowest BCUT2D eigenvalue weighted by Gasteiger charge is -2.35. The molecule has 38 heavy (non-hydrogen) atoms. The van der Waals surface area contributed by atoms with Crippen molar-refractivity contribution in [3.05, 3.63) is 83.5 Å². The van der Waals surface area contributed by atoms with Crippen LogP contribution in [-0.4, -0.2) is 63.3 Å². The smallest absolute Gasteiger partial charge is 0.417 e. The zero-order valence-corrected chi connectivity index (χ0v) is 20.8. The molecule has 2 aromatic carbocycles. The molecule has 7 nitrogen and oxygen atoms in total. The van der Waals surface area contributed by atoms with E-state index in [1.165, 1.54) is 25.3 Å². The number of alkyl halides is 3. The Kier molecular flexibility index (Phi) is 7.58. The van der Waals surface area contributed by atoms with Gasteiger partial charge in [0.1, 0.15) is 5.82 Å². The van der Waals surface area contributed by atoms with Gasteiger partial charge in [0.15, 0.2) is 0 Å². The van der Waals surface area contributed by atoms with Crippen LogP contribution >= 0.6 is 0 Å². The van der Waals surface area contributed by atoms with Crippen LogP contribution in [0.2, 0.25) is 0 Å². The van der Waals surface area contributed by atoms with E-state index in [4.69, 9.17) is 4.74 Å². The number of allylic oxidation sites excluding steroid dienone is 1. The van der Waals surface area contributed by atoms with Crippen molar-refractivity contribution in [2.45, 2.75) is 6.18 Å². The highest BCUT2D eigenvalue weighted by Crippen LogP contribution is 2.37. The third kappa shape index (κ3) is 5.72. The number of likely N-dealkylation sites (N-methyl/N-ethyl adjacent to an activating group) is 1. The van der Waals surface area contributed by atoms with Crippen LogP contribution in [0.3, 0.4) is 0 Å². The van der Waals surface area contributed by atoms with Crippen LogP contribution in [0.4, 0.5) is 28.9 Å². The van der Waals surface area contributed by atoms with Crippen molar-refractivity contribution in [2.24, 2.45) is 0 Å². The summed E-state index contributed by atoms with van der Waals surface area (Å²) in [7, 11) is 3.18. The van der Waals surface area contributed by atoms with Gasteiger partial charge in [-0.25, -0.2) is 9.18 Å². The minimum Gasteiger partial charge on any atom is -0.465 e. The highest BCUT2D eigenvalue weighted by molar-refractivity contribution is 6.09. The molecule has 2 aliphatic rings. The maximum atomic E-state index is 14.8. The summed E-state index contributed by atoms with van der Waals surface area (Å²) in [5.41, 5.74) is -0.466. The van der Waals surface area contributed by atoms with Crippen LogP contribution in [0.1, 0.15) is 10.4 Å². The summed E-state index contributed by atoms with van der Waals surface area (Å²) in [6, 6.07) is 8.53. The van der Waals surface area contributed by atoms with E-state index >= 15 is 0 Å². The molecule has 2 heterocycles. The molecule has 2 N–H and O–H groups in total. The lowest BCUT2D eigenvalue weighted by Crippen LogP contribution is -2.44. The van der Waals surface area contributed by atoms with Crippen molar-refractivity contribution < 1.29 is 31.9 Å². The number of piperazine rings is 1. The molecule has 0 aromatic heterocycles. The molecule has 1 amide bonds. The van der Waals surface area contributed by atoms with E-state index in [9.17, 15) is 27.2 Å². The molecule has 0 bridgehead atoms. The maximum Gasteiger partial charge on any atom is 0.417 e. The molecule has 0 radical (unpaired) electrons. The number of rotatable bonds is 5. The predicted molar refractivity (Wildman–Crippen MR) is 136 cm³/mol. The van der Waals surface area contributed by atoms with Crippen LogP contribution < -0.4 is 15.5 Å². The molecule has 0 saturated carbocycles. The minimum absolute atomic E-state index is 0.00467. The number of methoxy groups -OCH3 is 1. The van der Waals surface area contributed by atoms with Gasteiger partial charge in [0, 0.05) is 43.6 Å². The highest BCUT2D eigenvalue weighted by atomic mass is 19.4. The molecular formula is C27H26F4N4O3. The maximum absolute atomic E-state index is 14.8. The second kappa shape index (κ2) is 10.7. The standard InChI is InChI=1S/C27H26F4N4O3/c1-16-12-21(27(29,30)31)20(15-32-16)25(36)33-23-14-17(5-7-24(23)35-10-8-34(2)9-11-35)19-13-18(26(37)38-3)4-6-22(19)28/h4-7,12-15,32H,1,8-11H2,2-3H3,(H,33,36). The topological polar surface area (TPSA) is 73.9 Å². The van der Waals surface area contributed by atoms with Gasteiger partial charge < -0.3 is 25.2 Å². The number of anilines is 2. The highest BCUT2D eigenvalue weighted by Gasteiger charge is 2.39. The van der Waals surface area contributed by atoms with E-state index in [1.807, 2.05) is 11.9 Å². The van der Waals surface area contributed by atoms with Crippen molar-refractivity contribution in [2.75, 3.05) is 50.6 Å². The largest absolute Gasteiger partial charge is 0.465 e. The van der Waals surface area contributed by atoms with E-state index in [0.717, 1.165) is 31.4 Å². The Morgan fingerprint density at radius 1 is 1.08 bits per heavy atom. The number of amides is 1. The Bertz CT molecular complexity index is 1340. The van der Waals surface area contributed by atoms with E-state index < -0.39 is 35.0 Å². The Morgan fingerprint density at radius 2 is 1.79 bits per heavy atom. The van der Waals surface area contributed by atoms with Crippen LogP contribution in [-0.2, 0) is 9.53 Å². The van der Waals surface area contributed by atoms with Crippen molar-refractivity contribution in [3.8, 4) is 11.1 Å². The fourth-order valence-electron chi connectivity index (χ4n) is 4.27. The third-order valence-corrected chi connectivity index (χ3v) is 6.35. The summed E-state index contributed by atoms with van der Waals surface area (Å²) in [6.07, 6.45) is -3.06. The summed E-state index contributed by atoms with van der Waals surface area (Å²) in [5, 5.41) is 5.14. The van der Waals surface area contributed by atoms with Crippen LogP contribution in [0.15, 0.2) is 72.1 Å². The molecule has 2 aliphatic heterocycles. The Hall–Kier alpha value is -4.12. The number of carbonyl (C=O) groups is 2. The second-order valence-corrected chi connectivity index (χ2v) is 8.95. The number of nitrogens with zero attached hydrogens (tertiary/aromatic N) is 2. The number of halogens is 4. The SMILES string of the molecule is C=C1C=C(C(F)(F)F)C(C(=O)Nc2cc(-c3cc(C(=O)OC)ccc3F)ccc2N2CCN(C)CC2)=CN1. The molecule has 200 valence electrons. The Morgan fingerprint density at radius 3 is 2.45 bits per heavy atom. The summed E-state index contributed by atoms with van der Waals surface area (Å²) in [6.45, 7) is 6.18. The fourth-order valence-corrected chi connectivity index (χ4v) is 4.27. The van der Waals surface area contributed by atoms with Gasteiger partial charge in [-0.15, -0.1) is 0 Å². The Labute approximate surface area is 217 Å². The first-order valence-corrected chi connectivity index (χ1v) is 11.7. The van der Waals surface area contributed by atoms with Crippen LogP contribution in [0.5, 0.6) is 0 Å². The molecule has 0 aliphatic carbocycles. The summed E-state index contributed by atoms with van der Waals surface area (Å²) in [4.78, 5) is 29.3. The van der Waals surface area contributed by atoms with E-state index in [-0.39, 0.29) is 22.5 Å². The van der Waals surface area contributed by atoms with E-state index in [2.05, 4.69) is 22.1 Å². The number of nitrogens with one attached hydrogen (secondary N) is 2. The number of hydrogen-bond donors (Lipinski definition) is 2. The van der Waals surface area contributed by atoms with Crippen molar-refractivity contribution in [3.63, 3.8) is 0 Å². The normalized spacial score (nSPS) is 16.4. The van der Waals surface area contributed by atoms with Gasteiger partial charge in [0.25, 0.3) is 5.91 Å². The van der Waals surface area contributed by atoms with Crippen molar-refractivity contribution in [1.29, 1.82) is 0 Å². The molecule has 0 unspecified atom stereocenters. The average molecular weight is 531 g/mol. The number of ether oxygens (including phenoxy) is 1. The lowest BCUT2D eigenvalue weighted by atomic mass is 9.99. The lowest BCUT2D eigenvalue weighted by molar-refractivity contribution is -0.115. The Balaban J connectivity index is 1.75. The summed E-state index contributed by atoms with van der Waals surface area (Å²) in [5.74, 6) is -2.27. The number of dihydropyridines is 1. The van der Waals surface area contributed by atoms with Gasteiger partial charge in [0.2, 0.25) is 0 Å². The number of benzene rings is 2. The van der Waals surface area contributed by atoms with Crippen molar-refractivity contribution in [1.82, 2.24) is 10.2 Å². The molecule has 1 saturated heterocycles. The molecule has 2 aromatic rings. The molecule has 4 rings (SSSR count). The molecule has 0 atom stereocenters. The van der Waals surface area contributed by atoms with Crippen molar-refractivity contribution >= 4 is 23.3 Å². The fraction of sp³-hybridized carbons (Fsp3) is 0.259. The van der Waals surface area contributed by atoms with Gasteiger partial charge in [-0.2, -0.15) is 13.2 Å². The van der Waals surface area contributed by atoms with E-state index in [1.54, 1.807) is 12.1 Å². The molecule has 11 heteroatoms. The quantitative estimate of drug-likeness (QED) is 0.440. The first-order valence-electron chi connectivity index (χ1n) is 11.7. The van der Waals surface area contributed by atoms with Crippen LogP contribution in [0, 0.1) is 5.82 Å². The molecular weight excluding hydrogens is 504 g/mol. The first-order chi connectivity index (χ1) is 18.0. The summed E-state index contributed by atoms with van der Waals surface area (Å²) < 4.78 is 60.6. The first kappa shape index (κ1) is 26.9. The predicted octanol–water partition coefficient (Wildman–Crippen LogP) is 4.46. The van der Waals surface area contributed by atoms with Gasteiger partial charge >= 0.3 is 12.1 Å². The number of esters is 1. The van der Waals surface area contributed by atoms with Gasteiger partial charge in [-0.3, -0.25) is 4.79 Å².